The molecule has 0 saturated carbocycles. The number of rotatable bonds is 10. The molecule has 0 atom stereocenters. The average molecular weight is 530 g/mol. The number of carbonyl (C=O) groups is 1. The standard InChI is InChI=1S/C23H23ClF3N3O2S2/c1-3-33-29-21(31)20-15(2)34-22(28-20)30(13-12-16-4-8-18(24)9-5-16)14-17-6-10-19(11-7-17)32-23(25,26)27/h4-11H,3,12-14H2,1-2H3,(H,29,31). The zero-order valence-electron chi connectivity index (χ0n) is 18.5. The van der Waals surface area contributed by atoms with Gasteiger partial charge >= 0.3 is 6.36 Å². The number of nitrogens with one attached hydrogen (secondary N) is 1. The summed E-state index contributed by atoms with van der Waals surface area (Å²) >= 11 is 8.68. The molecule has 0 radical (unpaired) electrons. The topological polar surface area (TPSA) is 54.5 Å². The summed E-state index contributed by atoms with van der Waals surface area (Å²) in [6.07, 6.45) is -4.05. The minimum atomic E-state index is -4.74. The lowest BCUT2D eigenvalue weighted by atomic mass is 10.1. The molecule has 182 valence electrons. The fraction of sp³-hybridized carbons (Fsp3) is 0.304. The van der Waals surface area contributed by atoms with Crippen molar-refractivity contribution in [2.45, 2.75) is 33.2 Å². The summed E-state index contributed by atoms with van der Waals surface area (Å²) < 4.78 is 44.1. The molecule has 1 amide bonds. The van der Waals surface area contributed by atoms with Gasteiger partial charge in [0.2, 0.25) is 0 Å². The van der Waals surface area contributed by atoms with Crippen LogP contribution in [0, 0.1) is 6.92 Å². The van der Waals surface area contributed by atoms with Gasteiger partial charge in [-0.2, -0.15) is 0 Å². The van der Waals surface area contributed by atoms with Crippen LogP contribution in [-0.4, -0.2) is 29.6 Å². The van der Waals surface area contributed by atoms with Crippen LogP contribution in [0.4, 0.5) is 18.3 Å². The first kappa shape index (κ1) is 26.2. The van der Waals surface area contributed by atoms with Gasteiger partial charge in [-0.3, -0.25) is 9.52 Å². The second-order valence-corrected chi connectivity index (χ2v) is 9.94. The SMILES string of the molecule is CCSNC(=O)c1nc(N(CCc2ccc(Cl)cc2)Cc2ccc(OC(F)(F)F)cc2)sc1C. The van der Waals surface area contributed by atoms with Gasteiger partial charge in [-0.05, 0) is 48.7 Å². The van der Waals surface area contributed by atoms with Crippen molar-refractivity contribution >= 4 is 45.9 Å². The van der Waals surface area contributed by atoms with E-state index < -0.39 is 6.36 Å². The number of amides is 1. The number of ether oxygens (including phenoxy) is 1. The number of carbonyl (C=O) groups excluding carboxylic acids is 1. The van der Waals surface area contributed by atoms with E-state index in [1.54, 1.807) is 12.1 Å². The maximum absolute atomic E-state index is 12.5. The highest BCUT2D eigenvalue weighted by Crippen LogP contribution is 2.29. The second kappa shape index (κ2) is 11.8. The van der Waals surface area contributed by atoms with E-state index in [0.29, 0.717) is 35.4 Å². The summed E-state index contributed by atoms with van der Waals surface area (Å²) in [5.74, 6) is 0.211. The molecule has 3 rings (SSSR count). The Bertz CT molecular complexity index is 1090. The minimum Gasteiger partial charge on any atom is -0.406 e. The molecule has 0 fully saturated rings. The lowest BCUT2D eigenvalue weighted by molar-refractivity contribution is -0.274. The van der Waals surface area contributed by atoms with Crippen LogP contribution in [0.5, 0.6) is 5.75 Å². The third kappa shape index (κ3) is 7.82. The number of alkyl halides is 3. The van der Waals surface area contributed by atoms with Crippen LogP contribution in [0.25, 0.3) is 0 Å². The van der Waals surface area contributed by atoms with E-state index >= 15 is 0 Å². The summed E-state index contributed by atoms with van der Waals surface area (Å²) in [6.45, 7) is 4.76. The maximum Gasteiger partial charge on any atom is 0.573 e. The number of nitrogens with zero attached hydrogens (tertiary/aromatic N) is 2. The van der Waals surface area contributed by atoms with Gasteiger partial charge in [-0.15, -0.1) is 24.5 Å². The highest BCUT2D eigenvalue weighted by molar-refractivity contribution is 7.97. The number of aryl methyl sites for hydroxylation is 1. The first-order valence-electron chi connectivity index (χ1n) is 10.4. The maximum atomic E-state index is 12.5. The fourth-order valence-electron chi connectivity index (χ4n) is 3.09. The number of anilines is 1. The molecule has 0 unspecified atom stereocenters. The summed E-state index contributed by atoms with van der Waals surface area (Å²) in [4.78, 5) is 19.8. The smallest absolute Gasteiger partial charge is 0.406 e. The number of thiazole rings is 1. The highest BCUT2D eigenvalue weighted by atomic mass is 35.5. The number of hydrogen-bond acceptors (Lipinski definition) is 6. The first-order valence-corrected chi connectivity index (χ1v) is 12.6. The van der Waals surface area contributed by atoms with Crippen molar-refractivity contribution in [3.05, 3.63) is 75.3 Å². The average Bonchev–Trinajstić information content (AvgIpc) is 3.17. The molecule has 1 aromatic heterocycles. The summed E-state index contributed by atoms with van der Waals surface area (Å²) in [5.41, 5.74) is 2.23. The van der Waals surface area contributed by atoms with Crippen molar-refractivity contribution in [3.63, 3.8) is 0 Å². The Labute approximate surface area is 209 Å². The fourth-order valence-corrected chi connectivity index (χ4v) is 4.52. The zero-order valence-corrected chi connectivity index (χ0v) is 20.9. The molecular formula is C23H23ClF3N3O2S2. The van der Waals surface area contributed by atoms with Crippen molar-refractivity contribution in [2.24, 2.45) is 0 Å². The Hall–Kier alpha value is -2.43. The molecule has 0 aliphatic heterocycles. The molecule has 3 aromatic rings. The monoisotopic (exact) mass is 529 g/mol. The van der Waals surface area contributed by atoms with E-state index in [0.717, 1.165) is 21.8 Å². The molecule has 0 aliphatic carbocycles. The third-order valence-electron chi connectivity index (χ3n) is 4.69. The highest BCUT2D eigenvalue weighted by Gasteiger charge is 2.31. The minimum absolute atomic E-state index is 0.252. The number of benzene rings is 2. The summed E-state index contributed by atoms with van der Waals surface area (Å²) in [7, 11) is 0. The predicted octanol–water partition coefficient (Wildman–Crippen LogP) is 6.65. The molecular weight excluding hydrogens is 507 g/mol. The van der Waals surface area contributed by atoms with Crippen LogP contribution in [0.15, 0.2) is 48.5 Å². The molecule has 0 spiro atoms. The van der Waals surface area contributed by atoms with Gasteiger partial charge in [0.15, 0.2) is 5.13 Å². The van der Waals surface area contributed by atoms with Gasteiger partial charge in [0.25, 0.3) is 5.91 Å². The van der Waals surface area contributed by atoms with Crippen LogP contribution in [0.3, 0.4) is 0 Å². The largest absolute Gasteiger partial charge is 0.573 e. The predicted molar refractivity (Wildman–Crippen MR) is 132 cm³/mol. The summed E-state index contributed by atoms with van der Waals surface area (Å²) in [6, 6.07) is 13.3. The molecule has 0 aliphatic rings. The number of hydrogen-bond donors (Lipinski definition) is 1. The Balaban J connectivity index is 1.81. The van der Waals surface area contributed by atoms with Crippen molar-refractivity contribution in [1.29, 1.82) is 0 Å². The normalized spacial score (nSPS) is 11.4. The lowest BCUT2D eigenvalue weighted by Gasteiger charge is -2.22. The quantitative estimate of drug-likeness (QED) is 0.298. The molecule has 1 N–H and O–H groups in total. The van der Waals surface area contributed by atoms with Gasteiger partial charge in [0.05, 0.1) is 0 Å². The number of aromatic nitrogens is 1. The molecule has 11 heteroatoms. The van der Waals surface area contributed by atoms with E-state index in [9.17, 15) is 18.0 Å². The molecule has 34 heavy (non-hydrogen) atoms. The van der Waals surface area contributed by atoms with Crippen molar-refractivity contribution in [2.75, 3.05) is 17.2 Å². The Morgan fingerprint density at radius 2 is 1.79 bits per heavy atom. The van der Waals surface area contributed by atoms with Gasteiger partial charge in [-0.1, -0.05) is 54.7 Å². The summed E-state index contributed by atoms with van der Waals surface area (Å²) in [5, 5.41) is 1.31. The molecule has 2 aromatic carbocycles. The molecule has 0 saturated heterocycles. The van der Waals surface area contributed by atoms with Crippen LogP contribution in [0.2, 0.25) is 5.02 Å². The van der Waals surface area contributed by atoms with Crippen molar-refractivity contribution in [1.82, 2.24) is 9.71 Å². The van der Waals surface area contributed by atoms with Gasteiger partial charge in [0, 0.05) is 28.7 Å². The van der Waals surface area contributed by atoms with Crippen LogP contribution >= 0.6 is 34.9 Å². The second-order valence-electron chi connectivity index (χ2n) is 7.26. The first-order chi connectivity index (χ1) is 16.1. The lowest BCUT2D eigenvalue weighted by Crippen LogP contribution is -2.26. The van der Waals surface area contributed by atoms with E-state index in [4.69, 9.17) is 11.6 Å². The van der Waals surface area contributed by atoms with Crippen LogP contribution < -0.4 is 14.4 Å². The van der Waals surface area contributed by atoms with E-state index in [1.165, 1.54) is 35.4 Å². The van der Waals surface area contributed by atoms with E-state index in [-0.39, 0.29) is 11.7 Å². The van der Waals surface area contributed by atoms with Gasteiger partial charge in [0.1, 0.15) is 11.4 Å². The van der Waals surface area contributed by atoms with Gasteiger partial charge < -0.3 is 9.64 Å². The van der Waals surface area contributed by atoms with E-state index in [2.05, 4.69) is 14.4 Å². The molecule has 5 nitrogen and oxygen atoms in total. The molecule has 0 bridgehead atoms. The zero-order chi connectivity index (χ0) is 24.7. The Kier molecular flexibility index (Phi) is 9.10. The Morgan fingerprint density at radius 1 is 1.15 bits per heavy atom. The van der Waals surface area contributed by atoms with Crippen molar-refractivity contribution in [3.8, 4) is 5.75 Å². The van der Waals surface area contributed by atoms with Crippen molar-refractivity contribution < 1.29 is 22.7 Å². The van der Waals surface area contributed by atoms with Crippen LogP contribution in [0.1, 0.15) is 33.4 Å². The molecule has 1 heterocycles. The Morgan fingerprint density at radius 3 is 2.41 bits per heavy atom. The van der Waals surface area contributed by atoms with Gasteiger partial charge in [-0.25, -0.2) is 4.98 Å². The third-order valence-corrected chi connectivity index (χ3v) is 6.60. The van der Waals surface area contributed by atoms with E-state index in [1.807, 2.05) is 43.0 Å². The van der Waals surface area contributed by atoms with Crippen LogP contribution in [-0.2, 0) is 13.0 Å². The number of halogens is 4.